The van der Waals surface area contributed by atoms with Crippen molar-refractivity contribution in [1.29, 1.82) is 0 Å². The molecule has 7 heteroatoms. The first-order valence-electron chi connectivity index (χ1n) is 14.2. The van der Waals surface area contributed by atoms with Gasteiger partial charge in [-0.2, -0.15) is 0 Å². The molecule has 1 saturated carbocycles. The zero-order chi connectivity index (χ0) is 24.0. The van der Waals surface area contributed by atoms with E-state index in [2.05, 4.69) is 69.1 Å². The third-order valence-corrected chi connectivity index (χ3v) is 10.8. The Labute approximate surface area is 224 Å². The third kappa shape index (κ3) is 4.36. The van der Waals surface area contributed by atoms with Crippen LogP contribution < -0.4 is 10.5 Å². The molecule has 188 valence electrons. The van der Waals surface area contributed by atoms with Gasteiger partial charge < -0.3 is 4.90 Å². The van der Waals surface area contributed by atoms with Gasteiger partial charge in [-0.3, -0.25) is 14.3 Å². The normalized spacial score (nSPS) is 33.1. The molecule has 0 radical (unpaired) electrons. The summed E-state index contributed by atoms with van der Waals surface area (Å²) in [5.41, 5.74) is 2.25. The van der Waals surface area contributed by atoms with E-state index in [1.54, 1.807) is 0 Å². The maximum atomic E-state index is 14.2. The monoisotopic (exact) mass is 586 g/mol. The molecular formula is C28H40BIN4O. The van der Waals surface area contributed by atoms with Gasteiger partial charge in [0.05, 0.1) is 11.0 Å². The van der Waals surface area contributed by atoms with Crippen molar-refractivity contribution in [3.63, 3.8) is 0 Å². The quantitative estimate of drug-likeness (QED) is 0.283. The fourth-order valence-corrected chi connectivity index (χ4v) is 9.91. The predicted octanol–water partition coefficient (Wildman–Crippen LogP) is 5.18. The van der Waals surface area contributed by atoms with Crippen molar-refractivity contribution >= 4 is 47.3 Å². The Bertz CT molecular complexity index is 1130. The van der Waals surface area contributed by atoms with Crippen LogP contribution in [0.25, 0.3) is 11.0 Å². The first kappa shape index (κ1) is 24.3. The molecule has 0 N–H and O–H groups in total. The van der Waals surface area contributed by atoms with E-state index in [0.717, 1.165) is 55.8 Å². The van der Waals surface area contributed by atoms with E-state index in [0.29, 0.717) is 11.9 Å². The number of aromatic nitrogens is 2. The molecule has 35 heavy (non-hydrogen) atoms. The number of alkyl halides is 1. The van der Waals surface area contributed by atoms with Gasteiger partial charge in [-0.1, -0.05) is 73.2 Å². The number of anilines is 1. The Balaban J connectivity index is 1.43. The molecule has 4 fully saturated rings. The molecule has 2 aromatic rings. The summed E-state index contributed by atoms with van der Waals surface area (Å²) >= 11 is 2.69. The second kappa shape index (κ2) is 9.66. The van der Waals surface area contributed by atoms with Crippen molar-refractivity contribution in [2.75, 3.05) is 18.0 Å². The Morgan fingerprint density at radius 1 is 0.914 bits per heavy atom. The van der Waals surface area contributed by atoms with Gasteiger partial charge in [0.1, 0.15) is 11.4 Å². The Morgan fingerprint density at radius 3 is 2.34 bits per heavy atom. The highest BCUT2D eigenvalue weighted by Crippen LogP contribution is 2.53. The van der Waals surface area contributed by atoms with Gasteiger partial charge in [0.25, 0.3) is 5.56 Å². The van der Waals surface area contributed by atoms with Crippen molar-refractivity contribution in [2.45, 2.75) is 111 Å². The van der Waals surface area contributed by atoms with Gasteiger partial charge in [-0.15, -0.1) is 0 Å². The minimum absolute atomic E-state index is 0.126. The highest BCUT2D eigenvalue weighted by Gasteiger charge is 2.54. The highest BCUT2D eigenvalue weighted by atomic mass is 127. The molecule has 4 heterocycles. The second-order valence-corrected chi connectivity index (χ2v) is 14.0. The topological polar surface area (TPSA) is 41.4 Å². The average molecular weight is 586 g/mol. The fourth-order valence-electron chi connectivity index (χ4n) is 8.10. The Kier molecular flexibility index (Phi) is 6.70. The minimum atomic E-state index is -0.218. The molecule has 3 atom stereocenters. The number of para-hydroxylation sites is 2. The van der Waals surface area contributed by atoms with Crippen LogP contribution in [0.5, 0.6) is 0 Å². The summed E-state index contributed by atoms with van der Waals surface area (Å²) in [7, 11) is 2.53. The number of piperidine rings is 2. The maximum absolute atomic E-state index is 14.2. The van der Waals surface area contributed by atoms with E-state index < -0.39 is 0 Å². The van der Waals surface area contributed by atoms with Gasteiger partial charge in [0.15, 0.2) is 5.82 Å². The standard InChI is InChI=1S/C28H40BIN4O/c29-27-16-10-13-22(33(27)21-11-4-2-1-3-5-12-21)19-28(30,20-27)34-24-15-7-6-14-23(24)31-25(26(34)35)32-17-8-9-18-32/h6-7,14-15,21-22H,1-5,8-13,16-20,29H2/t22-,27?,28+/m0/s1. The van der Waals surface area contributed by atoms with E-state index in [9.17, 15) is 4.79 Å². The second-order valence-electron chi connectivity index (χ2n) is 12.0. The van der Waals surface area contributed by atoms with Crippen LogP contribution in [-0.2, 0) is 3.55 Å². The lowest BCUT2D eigenvalue weighted by atomic mass is 9.60. The van der Waals surface area contributed by atoms with Gasteiger partial charge in [-0.05, 0) is 68.9 Å². The maximum Gasteiger partial charge on any atom is 0.295 e. The van der Waals surface area contributed by atoms with Gasteiger partial charge in [-0.25, -0.2) is 4.98 Å². The molecule has 1 aromatic carbocycles. The molecule has 1 aliphatic carbocycles. The van der Waals surface area contributed by atoms with Crippen molar-refractivity contribution in [1.82, 2.24) is 14.5 Å². The molecule has 6 rings (SSSR count). The molecule has 0 spiro atoms. The Hall–Kier alpha value is -1.09. The summed E-state index contributed by atoms with van der Waals surface area (Å²) < 4.78 is 1.97. The van der Waals surface area contributed by atoms with Crippen LogP contribution in [0.15, 0.2) is 29.1 Å². The smallest absolute Gasteiger partial charge is 0.295 e. The minimum Gasteiger partial charge on any atom is -0.352 e. The average Bonchev–Trinajstić information content (AvgIpc) is 3.33. The lowest BCUT2D eigenvalue weighted by Crippen LogP contribution is -2.68. The molecule has 1 aromatic heterocycles. The SMILES string of the molecule is BC12CCC[C@@H](C[C@@](I)(n3c(=O)c(N4CCCC4)nc4ccccc43)C1)N2C1CCCCCCC1. The number of nitrogens with zero attached hydrogens (tertiary/aromatic N) is 4. The van der Waals surface area contributed by atoms with Crippen LogP contribution in [0.4, 0.5) is 5.82 Å². The van der Waals surface area contributed by atoms with Crippen molar-refractivity contribution in [3.8, 4) is 0 Å². The van der Waals surface area contributed by atoms with Crippen LogP contribution in [0.2, 0.25) is 0 Å². The van der Waals surface area contributed by atoms with E-state index in [-0.39, 0.29) is 14.5 Å². The lowest BCUT2D eigenvalue weighted by Gasteiger charge is -2.61. The molecule has 3 aliphatic heterocycles. The zero-order valence-electron chi connectivity index (χ0n) is 21.4. The lowest BCUT2D eigenvalue weighted by molar-refractivity contribution is -0.0519. The van der Waals surface area contributed by atoms with E-state index in [4.69, 9.17) is 4.98 Å². The van der Waals surface area contributed by atoms with Gasteiger partial charge in [0, 0.05) is 25.2 Å². The van der Waals surface area contributed by atoms with E-state index >= 15 is 0 Å². The zero-order valence-corrected chi connectivity index (χ0v) is 23.5. The molecule has 3 saturated heterocycles. The van der Waals surface area contributed by atoms with Crippen molar-refractivity contribution in [2.24, 2.45) is 0 Å². The number of hydrogen-bond donors (Lipinski definition) is 0. The number of halogens is 1. The van der Waals surface area contributed by atoms with Crippen LogP contribution in [0, 0.1) is 0 Å². The third-order valence-electron chi connectivity index (χ3n) is 9.49. The van der Waals surface area contributed by atoms with Crippen LogP contribution >= 0.6 is 22.6 Å². The largest absolute Gasteiger partial charge is 0.352 e. The summed E-state index contributed by atoms with van der Waals surface area (Å²) in [5.74, 6) is 0.676. The van der Waals surface area contributed by atoms with Crippen molar-refractivity contribution < 1.29 is 0 Å². The van der Waals surface area contributed by atoms with Crippen LogP contribution in [0.1, 0.15) is 89.9 Å². The summed E-state index contributed by atoms with van der Waals surface area (Å²) in [5, 5.41) is 0. The molecule has 0 amide bonds. The summed E-state index contributed by atoms with van der Waals surface area (Å²) in [4.78, 5) is 24.3. The van der Waals surface area contributed by atoms with E-state index in [1.807, 2.05) is 0 Å². The summed E-state index contributed by atoms with van der Waals surface area (Å²) in [6.45, 7) is 1.90. The summed E-state index contributed by atoms with van der Waals surface area (Å²) in [6, 6.07) is 9.64. The van der Waals surface area contributed by atoms with Crippen LogP contribution in [-0.4, -0.2) is 52.9 Å². The number of fused-ring (bicyclic) bond motifs is 3. The number of rotatable bonds is 3. The molecule has 4 aliphatic rings. The molecule has 5 nitrogen and oxygen atoms in total. The molecule has 2 bridgehead atoms. The predicted molar refractivity (Wildman–Crippen MR) is 156 cm³/mol. The summed E-state index contributed by atoms with van der Waals surface area (Å²) in [6.07, 6.45) is 18.0. The fraction of sp³-hybridized carbons (Fsp3) is 0.714. The van der Waals surface area contributed by atoms with Gasteiger partial charge in [0.2, 0.25) is 0 Å². The highest BCUT2D eigenvalue weighted by molar-refractivity contribution is 14.1. The molecule has 1 unspecified atom stereocenters. The first-order valence-corrected chi connectivity index (χ1v) is 15.3. The first-order chi connectivity index (χ1) is 17.0. The van der Waals surface area contributed by atoms with Crippen LogP contribution in [0.3, 0.4) is 0 Å². The number of benzene rings is 1. The van der Waals surface area contributed by atoms with Gasteiger partial charge >= 0.3 is 0 Å². The Morgan fingerprint density at radius 2 is 1.60 bits per heavy atom. The van der Waals surface area contributed by atoms with E-state index in [1.165, 1.54) is 64.2 Å². The molecular weight excluding hydrogens is 546 g/mol. The van der Waals surface area contributed by atoms with Crippen molar-refractivity contribution in [3.05, 3.63) is 34.6 Å². The number of hydrogen-bond acceptors (Lipinski definition) is 4.